The van der Waals surface area contributed by atoms with Crippen molar-refractivity contribution >= 4 is 17.6 Å². The van der Waals surface area contributed by atoms with Crippen LogP contribution in [0.2, 0.25) is 0 Å². The van der Waals surface area contributed by atoms with Crippen molar-refractivity contribution in [3.63, 3.8) is 0 Å². The molecule has 0 aliphatic carbocycles. The third kappa shape index (κ3) is 3.42. The van der Waals surface area contributed by atoms with E-state index in [9.17, 15) is 9.59 Å². The highest BCUT2D eigenvalue weighted by atomic mass is 16.5. The summed E-state index contributed by atoms with van der Waals surface area (Å²) in [5.41, 5.74) is 4.47. The lowest BCUT2D eigenvalue weighted by Gasteiger charge is -2.32. The van der Waals surface area contributed by atoms with Gasteiger partial charge in [-0.25, -0.2) is 10.2 Å². The van der Waals surface area contributed by atoms with Crippen molar-refractivity contribution in [1.82, 2.24) is 10.3 Å². The van der Waals surface area contributed by atoms with Gasteiger partial charge in [0.05, 0.1) is 5.69 Å². The lowest BCUT2D eigenvalue weighted by atomic mass is 10.2. The molecule has 0 spiro atoms. The Balaban J connectivity index is 1.63. The molecule has 0 unspecified atom stereocenters. The number of urea groups is 1. The summed E-state index contributed by atoms with van der Waals surface area (Å²) < 4.78 is 5.71. The van der Waals surface area contributed by atoms with E-state index in [-0.39, 0.29) is 12.5 Å². The van der Waals surface area contributed by atoms with Crippen molar-refractivity contribution < 1.29 is 14.3 Å². The van der Waals surface area contributed by atoms with Crippen LogP contribution in [0, 0.1) is 0 Å². The molecule has 1 N–H and O–H groups in total. The summed E-state index contributed by atoms with van der Waals surface area (Å²) in [6.45, 7) is 0.594. The minimum Gasteiger partial charge on any atom is -0.489 e. The van der Waals surface area contributed by atoms with Crippen LogP contribution in [0.25, 0.3) is 0 Å². The molecule has 3 rings (SSSR count). The van der Waals surface area contributed by atoms with Crippen LogP contribution < -0.4 is 15.2 Å². The molecule has 0 bridgehead atoms. The number of nitrogens with zero attached hydrogens (tertiary/aromatic N) is 2. The molecule has 0 aromatic heterocycles. The van der Waals surface area contributed by atoms with Crippen LogP contribution in [0.15, 0.2) is 54.6 Å². The van der Waals surface area contributed by atoms with Gasteiger partial charge in [0.2, 0.25) is 0 Å². The van der Waals surface area contributed by atoms with E-state index in [1.165, 1.54) is 12.1 Å². The quantitative estimate of drug-likeness (QED) is 0.940. The highest BCUT2D eigenvalue weighted by Crippen LogP contribution is 2.20. The van der Waals surface area contributed by atoms with E-state index in [1.807, 2.05) is 42.5 Å². The predicted octanol–water partition coefficient (Wildman–Crippen LogP) is 2.17. The van der Waals surface area contributed by atoms with Crippen molar-refractivity contribution in [3.05, 3.63) is 60.2 Å². The standard InChI is InChI=1S/C17H17N3O3/c1-19-16(21)11-20(18-17(19)22)14-7-9-15(10-8-14)23-12-13-5-3-2-4-6-13/h2-10H,11-12H2,1H3,(H,18,22). The van der Waals surface area contributed by atoms with Gasteiger partial charge in [-0.2, -0.15) is 0 Å². The number of hydrazine groups is 1. The number of rotatable bonds is 4. The monoisotopic (exact) mass is 311 g/mol. The first-order chi connectivity index (χ1) is 11.1. The van der Waals surface area contributed by atoms with Gasteiger partial charge < -0.3 is 4.74 Å². The molecule has 2 aromatic rings. The zero-order chi connectivity index (χ0) is 16.2. The number of carbonyl (C=O) groups is 2. The van der Waals surface area contributed by atoms with Crippen LogP contribution in [0.4, 0.5) is 10.5 Å². The molecule has 6 heteroatoms. The SMILES string of the molecule is CN1C(=O)CN(c2ccc(OCc3ccccc3)cc2)NC1=O. The maximum absolute atomic E-state index is 11.7. The summed E-state index contributed by atoms with van der Waals surface area (Å²) >= 11 is 0. The first kappa shape index (κ1) is 14.9. The lowest BCUT2D eigenvalue weighted by molar-refractivity contribution is -0.126. The van der Waals surface area contributed by atoms with Crippen LogP contribution in [0.1, 0.15) is 5.56 Å². The normalized spacial score (nSPS) is 14.7. The van der Waals surface area contributed by atoms with Gasteiger partial charge in [-0.1, -0.05) is 30.3 Å². The lowest BCUT2D eigenvalue weighted by Crippen LogP contribution is -2.59. The number of likely N-dealkylation sites (N-methyl/N-ethyl adjacent to an activating group) is 1. The highest BCUT2D eigenvalue weighted by molar-refractivity contribution is 5.99. The third-order valence-corrected chi connectivity index (χ3v) is 3.60. The molecule has 118 valence electrons. The number of benzene rings is 2. The zero-order valence-corrected chi connectivity index (χ0v) is 12.7. The zero-order valence-electron chi connectivity index (χ0n) is 12.7. The van der Waals surface area contributed by atoms with Crippen LogP contribution in [-0.2, 0) is 11.4 Å². The molecular weight excluding hydrogens is 294 g/mol. The van der Waals surface area contributed by atoms with Crippen LogP contribution in [-0.4, -0.2) is 30.4 Å². The van der Waals surface area contributed by atoms with E-state index < -0.39 is 6.03 Å². The van der Waals surface area contributed by atoms with Crippen molar-refractivity contribution in [2.24, 2.45) is 0 Å². The molecule has 0 atom stereocenters. The Morgan fingerprint density at radius 2 is 1.74 bits per heavy atom. The van der Waals surface area contributed by atoms with Gasteiger partial charge in [-0.15, -0.1) is 0 Å². The summed E-state index contributed by atoms with van der Waals surface area (Å²) in [6, 6.07) is 16.7. The molecule has 1 fully saturated rings. The third-order valence-electron chi connectivity index (χ3n) is 3.60. The number of anilines is 1. The Morgan fingerprint density at radius 3 is 2.39 bits per heavy atom. The van der Waals surface area contributed by atoms with Gasteiger partial charge in [-0.05, 0) is 29.8 Å². The largest absolute Gasteiger partial charge is 0.489 e. The van der Waals surface area contributed by atoms with Gasteiger partial charge in [0.25, 0.3) is 5.91 Å². The van der Waals surface area contributed by atoms with Crippen LogP contribution in [0.5, 0.6) is 5.75 Å². The fourth-order valence-corrected chi connectivity index (χ4v) is 2.20. The summed E-state index contributed by atoms with van der Waals surface area (Å²) in [7, 11) is 1.45. The molecule has 0 saturated carbocycles. The smallest absolute Gasteiger partial charge is 0.342 e. The summed E-state index contributed by atoms with van der Waals surface area (Å²) in [5.74, 6) is 0.475. The van der Waals surface area contributed by atoms with E-state index in [1.54, 1.807) is 12.1 Å². The first-order valence-electron chi connectivity index (χ1n) is 7.25. The molecule has 1 aliphatic rings. The van der Waals surface area contributed by atoms with Gasteiger partial charge in [-0.3, -0.25) is 14.7 Å². The molecule has 6 nitrogen and oxygen atoms in total. The first-order valence-corrected chi connectivity index (χ1v) is 7.25. The number of nitrogens with one attached hydrogen (secondary N) is 1. The minimum atomic E-state index is -0.439. The van der Waals surface area contributed by atoms with E-state index in [0.29, 0.717) is 6.61 Å². The Kier molecular flexibility index (Phi) is 4.14. The van der Waals surface area contributed by atoms with E-state index in [0.717, 1.165) is 21.9 Å². The minimum absolute atomic E-state index is 0.104. The fraction of sp³-hybridized carbons (Fsp3) is 0.176. The molecule has 0 radical (unpaired) electrons. The molecule has 3 amide bonds. The Bertz CT molecular complexity index is 683. The van der Waals surface area contributed by atoms with Crippen molar-refractivity contribution in [2.75, 3.05) is 18.6 Å². The second-order valence-electron chi connectivity index (χ2n) is 5.22. The van der Waals surface area contributed by atoms with Gasteiger partial charge >= 0.3 is 6.03 Å². The van der Waals surface area contributed by atoms with Crippen LogP contribution >= 0.6 is 0 Å². The molecule has 23 heavy (non-hydrogen) atoms. The fourth-order valence-electron chi connectivity index (χ4n) is 2.20. The average molecular weight is 311 g/mol. The summed E-state index contributed by atoms with van der Waals surface area (Å²) in [5, 5.41) is 1.52. The topological polar surface area (TPSA) is 61.9 Å². The van der Waals surface area contributed by atoms with Gasteiger partial charge in [0.1, 0.15) is 18.9 Å². The van der Waals surface area contributed by atoms with E-state index in [2.05, 4.69) is 5.43 Å². The van der Waals surface area contributed by atoms with Crippen molar-refractivity contribution in [3.8, 4) is 5.75 Å². The molecule has 2 aromatic carbocycles. The molecule has 1 saturated heterocycles. The van der Waals surface area contributed by atoms with Gasteiger partial charge in [0.15, 0.2) is 0 Å². The highest BCUT2D eigenvalue weighted by Gasteiger charge is 2.27. The molecular formula is C17H17N3O3. The summed E-state index contributed by atoms with van der Waals surface area (Å²) in [6.07, 6.45) is 0. The Morgan fingerprint density at radius 1 is 1.04 bits per heavy atom. The number of hydrogen-bond donors (Lipinski definition) is 1. The van der Waals surface area contributed by atoms with Gasteiger partial charge in [0, 0.05) is 7.05 Å². The molecule has 1 aliphatic heterocycles. The Labute approximate surface area is 134 Å². The average Bonchev–Trinajstić information content (AvgIpc) is 2.59. The number of ether oxygens (including phenoxy) is 1. The molecule has 1 heterocycles. The number of hydrogen-bond acceptors (Lipinski definition) is 4. The Hall–Kier alpha value is -3.02. The maximum Gasteiger partial charge on any atom is 0.342 e. The second-order valence-corrected chi connectivity index (χ2v) is 5.22. The second kappa shape index (κ2) is 6.39. The van der Waals surface area contributed by atoms with Crippen molar-refractivity contribution in [1.29, 1.82) is 0 Å². The summed E-state index contributed by atoms with van der Waals surface area (Å²) in [4.78, 5) is 24.4. The number of amides is 3. The van der Waals surface area contributed by atoms with Crippen LogP contribution in [0.3, 0.4) is 0 Å². The van der Waals surface area contributed by atoms with E-state index in [4.69, 9.17) is 4.74 Å². The number of carbonyl (C=O) groups excluding carboxylic acids is 2. The predicted molar refractivity (Wildman–Crippen MR) is 85.9 cm³/mol. The maximum atomic E-state index is 11.7. The van der Waals surface area contributed by atoms with E-state index >= 15 is 0 Å². The number of imide groups is 1. The van der Waals surface area contributed by atoms with Crippen molar-refractivity contribution in [2.45, 2.75) is 6.61 Å².